The summed E-state index contributed by atoms with van der Waals surface area (Å²) in [6, 6.07) is 0. The first kappa shape index (κ1) is 9.71. The van der Waals surface area contributed by atoms with E-state index in [1.54, 1.807) is 17.8 Å². The molecular weight excluding hydrogens is 196 g/mol. The molecule has 0 aromatic heterocycles. The summed E-state index contributed by atoms with van der Waals surface area (Å²) in [5.41, 5.74) is 1.53. The number of ketones is 1. The predicted molar refractivity (Wildman–Crippen MR) is 57.1 cm³/mol. The molecule has 0 amide bonds. The van der Waals surface area contributed by atoms with Crippen molar-refractivity contribution >= 4 is 23.8 Å². The number of Topliss-reactive ketones (excluding diaryl/α,β-unsaturated/α-hetero) is 1. The normalized spacial score (nSPS) is 27.1. The van der Waals surface area contributed by atoms with Gasteiger partial charge in [-0.15, -0.1) is 11.8 Å². The molecule has 0 bridgehead atoms. The van der Waals surface area contributed by atoms with Crippen molar-refractivity contribution in [3.05, 3.63) is 22.1 Å². The van der Waals surface area contributed by atoms with Gasteiger partial charge in [-0.3, -0.25) is 9.59 Å². The average molecular weight is 208 g/mol. The zero-order chi connectivity index (χ0) is 10.1. The minimum Gasteiger partial charge on any atom is -0.298 e. The fourth-order valence-corrected chi connectivity index (χ4v) is 3.06. The van der Waals surface area contributed by atoms with Crippen molar-refractivity contribution in [3.63, 3.8) is 0 Å². The Labute approximate surface area is 87.4 Å². The molecule has 0 radical (unpaired) electrons. The van der Waals surface area contributed by atoms with Gasteiger partial charge >= 0.3 is 0 Å². The number of carbonyl (C=O) groups excluding carboxylic acids is 2. The van der Waals surface area contributed by atoms with Gasteiger partial charge in [0.25, 0.3) is 0 Å². The number of carbonyl (C=O) groups is 2. The molecule has 0 fully saturated rings. The summed E-state index contributed by atoms with van der Waals surface area (Å²) < 4.78 is 0. The first-order valence-corrected chi connectivity index (χ1v) is 5.70. The van der Waals surface area contributed by atoms with Crippen molar-refractivity contribution in [2.45, 2.75) is 31.4 Å². The summed E-state index contributed by atoms with van der Waals surface area (Å²) >= 11 is 1.67. The minimum atomic E-state index is 0.199. The lowest BCUT2D eigenvalue weighted by Gasteiger charge is -2.24. The Balaban J connectivity index is 2.40. The molecule has 1 aliphatic carbocycles. The van der Waals surface area contributed by atoms with Crippen molar-refractivity contribution in [2.24, 2.45) is 0 Å². The third kappa shape index (κ3) is 1.57. The fourth-order valence-electron chi connectivity index (χ4n) is 1.81. The summed E-state index contributed by atoms with van der Waals surface area (Å²) in [5.74, 6) is 0.199. The molecular formula is C11H12O2S. The van der Waals surface area contributed by atoms with Crippen LogP contribution >= 0.6 is 11.8 Å². The highest BCUT2D eigenvalue weighted by molar-refractivity contribution is 8.04. The molecule has 2 nitrogen and oxygen atoms in total. The number of aldehydes is 1. The molecule has 2 rings (SSSR count). The van der Waals surface area contributed by atoms with Crippen LogP contribution in [0.25, 0.3) is 0 Å². The van der Waals surface area contributed by atoms with Gasteiger partial charge in [0, 0.05) is 22.8 Å². The standard InChI is InChI=1S/C11H12O2S/c1-7-8(6-12)5-9-10(13)3-2-4-11(9)14-7/h5-7H,2-4H2,1H3. The molecule has 0 saturated carbocycles. The van der Waals surface area contributed by atoms with Gasteiger partial charge in [0.15, 0.2) is 5.78 Å². The lowest BCUT2D eigenvalue weighted by Crippen LogP contribution is -2.17. The maximum absolute atomic E-state index is 11.6. The Kier molecular flexibility index (Phi) is 2.59. The summed E-state index contributed by atoms with van der Waals surface area (Å²) in [7, 11) is 0. The van der Waals surface area contributed by atoms with Crippen molar-refractivity contribution in [1.82, 2.24) is 0 Å². The van der Waals surface area contributed by atoms with Crippen LogP contribution in [0.5, 0.6) is 0 Å². The minimum absolute atomic E-state index is 0.199. The van der Waals surface area contributed by atoms with E-state index in [0.29, 0.717) is 6.42 Å². The van der Waals surface area contributed by atoms with Crippen LogP contribution in [-0.4, -0.2) is 17.3 Å². The largest absolute Gasteiger partial charge is 0.298 e. The van der Waals surface area contributed by atoms with E-state index in [1.165, 1.54) is 4.91 Å². The highest BCUT2D eigenvalue weighted by Gasteiger charge is 2.26. The number of hydrogen-bond donors (Lipinski definition) is 0. The van der Waals surface area contributed by atoms with Crippen LogP contribution in [0.15, 0.2) is 22.1 Å². The Morgan fingerprint density at radius 1 is 1.50 bits per heavy atom. The highest BCUT2D eigenvalue weighted by Crippen LogP contribution is 2.40. The van der Waals surface area contributed by atoms with E-state index < -0.39 is 0 Å². The van der Waals surface area contributed by atoms with Crippen molar-refractivity contribution in [3.8, 4) is 0 Å². The van der Waals surface area contributed by atoms with E-state index in [2.05, 4.69) is 0 Å². The molecule has 14 heavy (non-hydrogen) atoms. The zero-order valence-corrected chi connectivity index (χ0v) is 8.89. The molecule has 0 aromatic rings. The smallest absolute Gasteiger partial charge is 0.163 e. The van der Waals surface area contributed by atoms with E-state index in [-0.39, 0.29) is 11.0 Å². The molecule has 1 heterocycles. The van der Waals surface area contributed by atoms with Gasteiger partial charge in [-0.2, -0.15) is 0 Å². The third-order valence-corrected chi connectivity index (χ3v) is 3.98. The first-order valence-electron chi connectivity index (χ1n) is 4.82. The lowest BCUT2D eigenvalue weighted by molar-refractivity contribution is -0.115. The topological polar surface area (TPSA) is 34.1 Å². The van der Waals surface area contributed by atoms with Crippen LogP contribution in [0.2, 0.25) is 0 Å². The summed E-state index contributed by atoms with van der Waals surface area (Å²) in [4.78, 5) is 23.5. The van der Waals surface area contributed by atoms with Gasteiger partial charge in [-0.05, 0) is 30.7 Å². The van der Waals surface area contributed by atoms with E-state index in [9.17, 15) is 9.59 Å². The van der Waals surface area contributed by atoms with Gasteiger partial charge in [0.2, 0.25) is 0 Å². The maximum atomic E-state index is 11.6. The van der Waals surface area contributed by atoms with Crippen molar-refractivity contribution in [2.75, 3.05) is 0 Å². The number of hydrogen-bond acceptors (Lipinski definition) is 3. The molecule has 0 spiro atoms. The molecule has 74 valence electrons. The van der Waals surface area contributed by atoms with Gasteiger partial charge < -0.3 is 0 Å². The first-order chi connectivity index (χ1) is 6.72. The van der Waals surface area contributed by atoms with E-state index >= 15 is 0 Å². The second kappa shape index (κ2) is 3.73. The van der Waals surface area contributed by atoms with Crippen LogP contribution < -0.4 is 0 Å². The van der Waals surface area contributed by atoms with Crippen molar-refractivity contribution < 1.29 is 9.59 Å². The van der Waals surface area contributed by atoms with Gasteiger partial charge in [-0.25, -0.2) is 0 Å². The van der Waals surface area contributed by atoms with Crippen LogP contribution in [-0.2, 0) is 9.59 Å². The second-order valence-electron chi connectivity index (χ2n) is 3.64. The second-order valence-corrected chi connectivity index (χ2v) is 5.07. The average Bonchev–Trinajstić information content (AvgIpc) is 2.17. The highest BCUT2D eigenvalue weighted by atomic mass is 32.2. The Hall–Kier alpha value is -0.830. The van der Waals surface area contributed by atoms with Gasteiger partial charge in [0.1, 0.15) is 6.29 Å². The van der Waals surface area contributed by atoms with Crippen LogP contribution in [0.4, 0.5) is 0 Å². The number of allylic oxidation sites excluding steroid dienone is 3. The van der Waals surface area contributed by atoms with Gasteiger partial charge in [-0.1, -0.05) is 0 Å². The Bertz CT molecular complexity index is 352. The van der Waals surface area contributed by atoms with E-state index in [1.807, 2.05) is 6.92 Å². The third-order valence-electron chi connectivity index (χ3n) is 2.64. The number of rotatable bonds is 1. The van der Waals surface area contributed by atoms with Crippen LogP contribution in [0.3, 0.4) is 0 Å². The summed E-state index contributed by atoms with van der Waals surface area (Å²) in [6.45, 7) is 2.01. The molecule has 0 N–H and O–H groups in total. The monoisotopic (exact) mass is 208 g/mol. The zero-order valence-electron chi connectivity index (χ0n) is 8.08. The summed E-state index contributed by atoms with van der Waals surface area (Å²) in [6.07, 6.45) is 5.24. The van der Waals surface area contributed by atoms with E-state index in [0.717, 1.165) is 30.3 Å². The predicted octanol–water partition coefficient (Wildman–Crippen LogP) is 2.25. The van der Waals surface area contributed by atoms with Crippen LogP contribution in [0, 0.1) is 0 Å². The fraction of sp³-hybridized carbons (Fsp3) is 0.455. The lowest BCUT2D eigenvalue weighted by atomic mass is 9.95. The molecule has 0 saturated heterocycles. The SMILES string of the molecule is CC1SC2=C(C=C1C=O)C(=O)CCC2. The van der Waals surface area contributed by atoms with E-state index in [4.69, 9.17) is 0 Å². The molecule has 1 atom stereocenters. The molecule has 1 aliphatic heterocycles. The van der Waals surface area contributed by atoms with Crippen molar-refractivity contribution in [1.29, 1.82) is 0 Å². The molecule has 2 aliphatic rings. The Morgan fingerprint density at radius 3 is 3.00 bits per heavy atom. The molecule has 1 unspecified atom stereocenters. The quantitative estimate of drug-likeness (QED) is 0.620. The number of thioether (sulfide) groups is 1. The van der Waals surface area contributed by atoms with Crippen LogP contribution in [0.1, 0.15) is 26.2 Å². The van der Waals surface area contributed by atoms with Gasteiger partial charge in [0.05, 0.1) is 0 Å². The summed E-state index contributed by atoms with van der Waals surface area (Å²) in [5, 5.41) is 0.206. The maximum Gasteiger partial charge on any atom is 0.163 e. The molecule has 0 aromatic carbocycles. The molecule has 3 heteroatoms. The Morgan fingerprint density at radius 2 is 2.29 bits per heavy atom.